The van der Waals surface area contributed by atoms with Crippen molar-refractivity contribution in [1.29, 1.82) is 0 Å². The fourth-order valence-corrected chi connectivity index (χ4v) is 8.20. The number of hydrogen-bond acceptors (Lipinski definition) is 13. The topological polar surface area (TPSA) is 205 Å². The minimum Gasteiger partial charge on any atom is -0.508 e. The zero-order valence-electron chi connectivity index (χ0n) is 34.8. The van der Waals surface area contributed by atoms with Gasteiger partial charge in [-0.25, -0.2) is 13.9 Å². The standard InChI is InChI=1S/C45H49FN10O6/c1-4-41(61)53-15-17-54(18-16-53)42-32-12-14-55(37-21-30(57)19-27-7-5-6-8-31(27)37)25-36(32)49-44(50-42)47-13-11-40(60)48-24-28-9-10-29(20-35(28)46)56-43(51-52-45(56)62)34-22-33(26(2)3)38(58)23-39(34)59/h5-10,19-23,26,57-59H,4,11-18,24-25H2,1-3H3,(H,48,60)(H,52,62)(H,47,49,50). The lowest BCUT2D eigenvalue weighted by molar-refractivity contribution is -0.131. The number of piperazine rings is 1. The lowest BCUT2D eigenvalue weighted by Gasteiger charge is -2.38. The number of anilines is 3. The van der Waals surface area contributed by atoms with Crippen LogP contribution in [-0.2, 0) is 29.1 Å². The molecule has 2 aliphatic heterocycles. The van der Waals surface area contributed by atoms with Crippen molar-refractivity contribution in [3.05, 3.63) is 94.9 Å². The highest BCUT2D eigenvalue weighted by molar-refractivity contribution is 5.95. The van der Waals surface area contributed by atoms with Crippen LogP contribution in [0, 0.1) is 5.82 Å². The second kappa shape index (κ2) is 17.4. The van der Waals surface area contributed by atoms with Gasteiger partial charge in [-0.05, 0) is 47.6 Å². The minimum atomic E-state index is -0.652. The van der Waals surface area contributed by atoms with Crippen LogP contribution < -0.4 is 20.4 Å². The van der Waals surface area contributed by atoms with E-state index in [-0.39, 0.29) is 77.1 Å². The van der Waals surface area contributed by atoms with Gasteiger partial charge in [-0.2, -0.15) is 4.98 Å². The third kappa shape index (κ3) is 8.42. The van der Waals surface area contributed by atoms with E-state index in [1.165, 1.54) is 28.8 Å². The van der Waals surface area contributed by atoms with E-state index >= 15 is 4.39 Å². The van der Waals surface area contributed by atoms with E-state index in [9.17, 15) is 30.0 Å². The van der Waals surface area contributed by atoms with Crippen LogP contribution in [-0.4, -0.2) is 101 Å². The average molecular weight is 845 g/mol. The van der Waals surface area contributed by atoms with Crippen molar-refractivity contribution in [3.8, 4) is 40.3 Å². The normalized spacial score (nSPS) is 14.0. The van der Waals surface area contributed by atoms with E-state index in [0.717, 1.165) is 33.5 Å². The summed E-state index contributed by atoms with van der Waals surface area (Å²) in [7, 11) is 0. The first-order valence-electron chi connectivity index (χ1n) is 20.8. The Kier molecular flexibility index (Phi) is 11.7. The van der Waals surface area contributed by atoms with E-state index < -0.39 is 11.8 Å². The molecule has 17 heteroatoms. The van der Waals surface area contributed by atoms with Gasteiger partial charge >= 0.3 is 6.01 Å². The summed E-state index contributed by atoms with van der Waals surface area (Å²) in [5.74, 6) is 0.0526. The van der Waals surface area contributed by atoms with E-state index in [1.807, 2.05) is 49.9 Å². The van der Waals surface area contributed by atoms with Gasteiger partial charge in [0.2, 0.25) is 17.8 Å². The largest absolute Gasteiger partial charge is 0.508 e. The third-order valence-electron chi connectivity index (χ3n) is 11.5. The molecule has 4 aromatic carbocycles. The quantitative estimate of drug-likeness (QED) is 0.0876. The number of amides is 2. The predicted octanol–water partition coefficient (Wildman–Crippen LogP) is 5.70. The number of fused-ring (bicyclic) bond motifs is 2. The van der Waals surface area contributed by atoms with Crippen molar-refractivity contribution in [2.75, 3.05) is 54.4 Å². The smallest absolute Gasteiger partial charge is 0.319 e. The number of halogens is 1. The Bertz CT molecular complexity index is 2660. The highest BCUT2D eigenvalue weighted by atomic mass is 19.1. The van der Waals surface area contributed by atoms with Crippen LogP contribution in [0.5, 0.6) is 23.3 Å². The maximum atomic E-state index is 15.5. The van der Waals surface area contributed by atoms with Crippen molar-refractivity contribution < 1.29 is 34.4 Å². The molecular weight excluding hydrogens is 796 g/mol. The molecule has 0 saturated carbocycles. The summed E-state index contributed by atoms with van der Waals surface area (Å²) in [6, 6.07) is 17.9. The third-order valence-corrected chi connectivity index (χ3v) is 11.5. The number of nitrogens with zero attached hydrogens (tertiary/aromatic N) is 8. The zero-order valence-corrected chi connectivity index (χ0v) is 34.8. The predicted molar refractivity (Wildman–Crippen MR) is 232 cm³/mol. The van der Waals surface area contributed by atoms with Gasteiger partial charge in [-0.1, -0.05) is 56.2 Å². The number of aromatic nitrogens is 5. The average Bonchev–Trinajstić information content (AvgIpc) is 3.65. The molecule has 0 aliphatic carbocycles. The van der Waals surface area contributed by atoms with E-state index in [0.29, 0.717) is 63.6 Å². The fourth-order valence-electron chi connectivity index (χ4n) is 8.20. The van der Waals surface area contributed by atoms with Gasteiger partial charge in [0.05, 0.1) is 23.5 Å². The summed E-state index contributed by atoms with van der Waals surface area (Å²) in [6.45, 7) is 9.30. The van der Waals surface area contributed by atoms with Crippen LogP contribution in [0.15, 0.2) is 66.7 Å². The molecule has 2 amide bonds. The fraction of sp³-hybridized carbons (Fsp3) is 0.333. The monoisotopic (exact) mass is 844 g/mol. The zero-order chi connectivity index (χ0) is 43.7. The molecule has 1 saturated heterocycles. The van der Waals surface area contributed by atoms with Crippen molar-refractivity contribution >= 4 is 40.0 Å². The number of nitrogens with one attached hydrogen (secondary N) is 2. The Morgan fingerprint density at radius 2 is 1.66 bits per heavy atom. The molecule has 2 aromatic heterocycles. The number of aromatic hydroxyl groups is 4. The van der Waals surface area contributed by atoms with Gasteiger partial charge in [0.15, 0.2) is 5.82 Å². The molecule has 0 atom stereocenters. The number of hydrogen-bond donors (Lipinski definition) is 6. The number of phenolic OH excluding ortho intramolecular Hbond substituents is 3. The molecule has 0 spiro atoms. The number of rotatable bonds is 12. The first-order chi connectivity index (χ1) is 29.9. The van der Waals surface area contributed by atoms with Crippen LogP contribution in [0.1, 0.15) is 61.9 Å². The number of carbonyl (C=O) groups excluding carboxylic acids is 2. The second-order valence-electron chi connectivity index (χ2n) is 15.8. The van der Waals surface area contributed by atoms with E-state index in [1.54, 1.807) is 18.2 Å². The van der Waals surface area contributed by atoms with Crippen LogP contribution in [0.4, 0.5) is 21.8 Å². The lowest BCUT2D eigenvalue weighted by atomic mass is 9.98. The summed E-state index contributed by atoms with van der Waals surface area (Å²) in [6.07, 6.45) is 1.17. The van der Waals surface area contributed by atoms with Crippen LogP contribution in [0.2, 0.25) is 0 Å². The van der Waals surface area contributed by atoms with Gasteiger partial charge in [-0.3, -0.25) is 9.59 Å². The molecule has 8 rings (SSSR count). The SMILES string of the molecule is CCC(=O)N1CCN(c2nc(NCCC(=O)NCc3ccc(-n4c(O)nnc4-c4cc(C(C)C)c(O)cc4O)cc3F)nc3c2CCN(c2cc(O)cc4ccccc24)C3)CC1. The van der Waals surface area contributed by atoms with E-state index in [2.05, 4.69) is 30.6 Å². The molecule has 6 aromatic rings. The van der Waals surface area contributed by atoms with Crippen molar-refractivity contribution in [3.63, 3.8) is 0 Å². The van der Waals surface area contributed by atoms with Crippen LogP contribution in [0.25, 0.3) is 27.8 Å². The highest BCUT2D eigenvalue weighted by Crippen LogP contribution is 2.40. The molecular formula is C45H49FN10O6. The summed E-state index contributed by atoms with van der Waals surface area (Å²) in [5, 5.41) is 57.8. The van der Waals surface area contributed by atoms with Crippen molar-refractivity contribution in [2.24, 2.45) is 0 Å². The summed E-state index contributed by atoms with van der Waals surface area (Å²) in [5.41, 5.74) is 3.89. The number of benzene rings is 4. The molecule has 0 radical (unpaired) electrons. The van der Waals surface area contributed by atoms with Gasteiger partial charge in [0.1, 0.15) is 28.9 Å². The molecule has 0 unspecified atom stereocenters. The first kappa shape index (κ1) is 41.6. The van der Waals surface area contributed by atoms with Gasteiger partial charge in [-0.15, -0.1) is 5.10 Å². The van der Waals surface area contributed by atoms with Crippen LogP contribution in [0.3, 0.4) is 0 Å². The second-order valence-corrected chi connectivity index (χ2v) is 15.8. The maximum absolute atomic E-state index is 15.5. The Labute approximate surface area is 357 Å². The first-order valence-corrected chi connectivity index (χ1v) is 20.8. The molecule has 322 valence electrons. The van der Waals surface area contributed by atoms with Crippen molar-refractivity contribution in [1.82, 2.24) is 34.9 Å². The van der Waals surface area contributed by atoms with Crippen LogP contribution >= 0.6 is 0 Å². The molecule has 2 aliphatic rings. The van der Waals surface area contributed by atoms with Gasteiger partial charge in [0.25, 0.3) is 0 Å². The van der Waals surface area contributed by atoms with Crippen molar-refractivity contribution in [2.45, 2.75) is 59.0 Å². The number of carbonyl (C=O) groups is 2. The molecule has 4 heterocycles. The Morgan fingerprint density at radius 1 is 0.871 bits per heavy atom. The molecule has 1 fully saturated rings. The Hall–Kier alpha value is -7.17. The summed E-state index contributed by atoms with van der Waals surface area (Å²) in [4.78, 5) is 41.7. The maximum Gasteiger partial charge on any atom is 0.319 e. The van der Waals surface area contributed by atoms with Gasteiger partial charge < -0.3 is 45.8 Å². The molecule has 6 N–H and O–H groups in total. The summed E-state index contributed by atoms with van der Waals surface area (Å²) < 4.78 is 16.7. The highest BCUT2D eigenvalue weighted by Gasteiger charge is 2.29. The molecule has 0 bridgehead atoms. The van der Waals surface area contributed by atoms with E-state index in [4.69, 9.17) is 9.97 Å². The molecule has 16 nitrogen and oxygen atoms in total. The molecule has 62 heavy (non-hydrogen) atoms. The number of phenols is 3. The Balaban J connectivity index is 0.950. The Morgan fingerprint density at radius 3 is 2.42 bits per heavy atom. The lowest BCUT2D eigenvalue weighted by Crippen LogP contribution is -2.49. The van der Waals surface area contributed by atoms with Gasteiger partial charge in [0, 0.05) is 93.0 Å². The minimum absolute atomic E-state index is 0.0401. The summed E-state index contributed by atoms with van der Waals surface area (Å²) >= 11 is 0.